The van der Waals surface area contributed by atoms with Crippen molar-refractivity contribution in [3.05, 3.63) is 32.7 Å². The monoisotopic (exact) mass is 333 g/mol. The Morgan fingerprint density at radius 3 is 2.40 bits per heavy atom. The zero-order valence-corrected chi connectivity index (χ0v) is 12.5. The number of benzene rings is 1. The van der Waals surface area contributed by atoms with E-state index in [2.05, 4.69) is 58.7 Å². The first-order valence-electron chi connectivity index (χ1n) is 5.00. The van der Waals surface area contributed by atoms with Crippen LogP contribution in [0.4, 0.5) is 0 Å². The van der Waals surface area contributed by atoms with Crippen molar-refractivity contribution < 1.29 is 0 Å². The van der Waals surface area contributed by atoms with Crippen LogP contribution in [0.3, 0.4) is 0 Å². The average molecular weight is 335 g/mol. The van der Waals surface area contributed by atoms with Gasteiger partial charge in [-0.25, -0.2) is 0 Å². The summed E-state index contributed by atoms with van der Waals surface area (Å²) in [6.45, 7) is 6.62. The lowest BCUT2D eigenvalue weighted by Gasteiger charge is -2.24. The minimum Gasteiger partial charge on any atom is -0.324 e. The number of hydrogen-bond donors (Lipinski definition) is 1. The maximum Gasteiger partial charge on any atom is 0.0311 e. The third kappa shape index (κ3) is 4.25. The lowest BCUT2D eigenvalue weighted by molar-refractivity contribution is 0.342. The molecule has 0 amide bonds. The SMILES string of the molecule is CC(C)(C)CC(N)c1cc(Br)ccc1Br. The molecule has 0 heterocycles. The van der Waals surface area contributed by atoms with Crippen molar-refractivity contribution in [1.29, 1.82) is 0 Å². The van der Waals surface area contributed by atoms with Crippen molar-refractivity contribution in [1.82, 2.24) is 0 Å². The molecule has 0 aliphatic rings. The Morgan fingerprint density at radius 2 is 1.87 bits per heavy atom. The first-order chi connectivity index (χ1) is 6.79. The minimum atomic E-state index is 0.0804. The highest BCUT2D eigenvalue weighted by Gasteiger charge is 2.18. The Hall–Kier alpha value is 0.140. The van der Waals surface area contributed by atoms with Gasteiger partial charge in [0, 0.05) is 15.0 Å². The summed E-state index contributed by atoms with van der Waals surface area (Å²) in [6, 6.07) is 6.21. The van der Waals surface area contributed by atoms with E-state index in [-0.39, 0.29) is 11.5 Å². The fraction of sp³-hybridized carbons (Fsp3) is 0.500. The largest absolute Gasteiger partial charge is 0.324 e. The van der Waals surface area contributed by atoms with Crippen LogP contribution in [-0.2, 0) is 0 Å². The molecule has 0 aromatic heterocycles. The molecule has 0 spiro atoms. The van der Waals surface area contributed by atoms with Gasteiger partial charge in [-0.05, 0) is 35.6 Å². The molecule has 15 heavy (non-hydrogen) atoms. The third-order valence-electron chi connectivity index (χ3n) is 2.19. The van der Waals surface area contributed by atoms with Gasteiger partial charge in [-0.1, -0.05) is 52.6 Å². The van der Waals surface area contributed by atoms with Gasteiger partial charge in [-0.3, -0.25) is 0 Å². The third-order valence-corrected chi connectivity index (χ3v) is 3.41. The summed E-state index contributed by atoms with van der Waals surface area (Å²) in [4.78, 5) is 0. The lowest BCUT2D eigenvalue weighted by atomic mass is 9.86. The van der Waals surface area contributed by atoms with Gasteiger partial charge in [0.05, 0.1) is 0 Å². The van der Waals surface area contributed by atoms with Gasteiger partial charge in [0.2, 0.25) is 0 Å². The van der Waals surface area contributed by atoms with Crippen LogP contribution in [0.15, 0.2) is 27.1 Å². The van der Waals surface area contributed by atoms with Crippen LogP contribution in [0.2, 0.25) is 0 Å². The molecule has 0 bridgehead atoms. The number of halogens is 2. The summed E-state index contributed by atoms with van der Waals surface area (Å²) in [5.41, 5.74) is 7.62. The van der Waals surface area contributed by atoms with Crippen molar-refractivity contribution >= 4 is 31.9 Å². The van der Waals surface area contributed by atoms with E-state index in [4.69, 9.17) is 5.73 Å². The van der Waals surface area contributed by atoms with Crippen LogP contribution in [0.5, 0.6) is 0 Å². The second-order valence-electron chi connectivity index (χ2n) is 5.04. The Labute approximate surface area is 109 Å². The smallest absolute Gasteiger partial charge is 0.0311 e. The van der Waals surface area contributed by atoms with Gasteiger partial charge in [-0.2, -0.15) is 0 Å². The van der Waals surface area contributed by atoms with Gasteiger partial charge in [0.25, 0.3) is 0 Å². The van der Waals surface area contributed by atoms with Crippen molar-refractivity contribution in [2.75, 3.05) is 0 Å². The van der Waals surface area contributed by atoms with Crippen LogP contribution in [-0.4, -0.2) is 0 Å². The molecule has 0 saturated carbocycles. The van der Waals surface area contributed by atoms with Crippen molar-refractivity contribution in [2.45, 2.75) is 33.2 Å². The molecule has 1 nitrogen and oxygen atoms in total. The summed E-state index contributed by atoms with van der Waals surface area (Å²) in [7, 11) is 0. The number of rotatable bonds is 2. The molecular formula is C12H17Br2N. The topological polar surface area (TPSA) is 26.0 Å². The van der Waals surface area contributed by atoms with Crippen molar-refractivity contribution in [2.24, 2.45) is 11.1 Å². The predicted octanol–water partition coefficient (Wildman–Crippen LogP) is 4.65. The van der Waals surface area contributed by atoms with Crippen LogP contribution in [0, 0.1) is 5.41 Å². The quantitative estimate of drug-likeness (QED) is 0.837. The highest BCUT2D eigenvalue weighted by atomic mass is 79.9. The Balaban J connectivity index is 2.90. The molecule has 0 saturated heterocycles. The van der Waals surface area contributed by atoms with E-state index in [1.54, 1.807) is 0 Å². The molecular weight excluding hydrogens is 318 g/mol. The first kappa shape index (κ1) is 13.2. The minimum absolute atomic E-state index is 0.0804. The molecule has 1 aromatic rings. The van der Waals surface area contributed by atoms with E-state index >= 15 is 0 Å². The van der Waals surface area contributed by atoms with Gasteiger partial charge in [0.15, 0.2) is 0 Å². The standard InChI is InChI=1S/C12H17Br2N/c1-12(2,3)7-11(15)9-6-8(13)4-5-10(9)14/h4-6,11H,7,15H2,1-3H3. The van der Waals surface area contributed by atoms with Crippen molar-refractivity contribution in [3.8, 4) is 0 Å². The van der Waals surface area contributed by atoms with Gasteiger partial charge in [0.1, 0.15) is 0 Å². The Morgan fingerprint density at radius 1 is 1.27 bits per heavy atom. The first-order valence-corrected chi connectivity index (χ1v) is 6.59. The number of hydrogen-bond acceptors (Lipinski definition) is 1. The maximum absolute atomic E-state index is 6.20. The van der Waals surface area contributed by atoms with Gasteiger partial charge in [-0.15, -0.1) is 0 Å². The fourth-order valence-corrected chi connectivity index (χ4v) is 2.49. The van der Waals surface area contributed by atoms with E-state index in [9.17, 15) is 0 Å². The van der Waals surface area contributed by atoms with Gasteiger partial charge < -0.3 is 5.73 Å². The van der Waals surface area contributed by atoms with Crippen LogP contribution < -0.4 is 5.73 Å². The zero-order valence-electron chi connectivity index (χ0n) is 9.35. The molecule has 1 aromatic carbocycles. The van der Waals surface area contributed by atoms with Crippen molar-refractivity contribution in [3.63, 3.8) is 0 Å². The van der Waals surface area contributed by atoms with Gasteiger partial charge >= 0.3 is 0 Å². The highest BCUT2D eigenvalue weighted by molar-refractivity contribution is 9.11. The molecule has 0 aliphatic heterocycles. The van der Waals surface area contributed by atoms with Crippen LogP contribution in [0.1, 0.15) is 38.8 Å². The Bertz CT molecular complexity index is 342. The second-order valence-corrected chi connectivity index (χ2v) is 6.81. The average Bonchev–Trinajstić information content (AvgIpc) is 2.06. The van der Waals surface area contributed by atoms with E-state index in [0.29, 0.717) is 0 Å². The highest BCUT2D eigenvalue weighted by Crippen LogP contribution is 2.32. The molecule has 0 radical (unpaired) electrons. The molecule has 1 atom stereocenters. The molecule has 84 valence electrons. The van der Waals surface area contributed by atoms with E-state index in [1.165, 1.54) is 5.56 Å². The predicted molar refractivity (Wildman–Crippen MR) is 72.8 cm³/mol. The number of nitrogens with two attached hydrogens (primary N) is 1. The molecule has 0 fully saturated rings. The van der Waals surface area contributed by atoms with E-state index < -0.39 is 0 Å². The summed E-state index contributed by atoms with van der Waals surface area (Å²) >= 11 is 7.01. The summed E-state index contributed by atoms with van der Waals surface area (Å²) in [5.74, 6) is 0. The molecule has 1 rings (SSSR count). The summed E-state index contributed by atoms with van der Waals surface area (Å²) in [6.07, 6.45) is 0.974. The van der Waals surface area contributed by atoms with Crippen LogP contribution >= 0.6 is 31.9 Å². The molecule has 2 N–H and O–H groups in total. The molecule has 1 unspecified atom stereocenters. The Kier molecular flexibility index (Phi) is 4.38. The molecule has 3 heteroatoms. The maximum atomic E-state index is 6.20. The zero-order chi connectivity index (χ0) is 11.6. The summed E-state index contributed by atoms with van der Waals surface area (Å²) < 4.78 is 2.16. The lowest BCUT2D eigenvalue weighted by Crippen LogP contribution is -2.19. The summed E-state index contributed by atoms with van der Waals surface area (Å²) in [5, 5.41) is 0. The van der Waals surface area contributed by atoms with Crippen LogP contribution in [0.25, 0.3) is 0 Å². The normalized spacial score (nSPS) is 14.0. The molecule has 0 aliphatic carbocycles. The van der Waals surface area contributed by atoms with E-state index in [1.807, 2.05) is 12.1 Å². The second kappa shape index (κ2) is 4.98. The van der Waals surface area contributed by atoms with E-state index in [0.717, 1.165) is 15.4 Å². The fourth-order valence-electron chi connectivity index (χ4n) is 1.57.